The van der Waals surface area contributed by atoms with Crippen LogP contribution in [0.5, 0.6) is 5.75 Å². The molecule has 4 rings (SSSR count). The number of fused-ring (bicyclic) bond motifs is 1. The number of H-pyrrole nitrogens is 1. The van der Waals surface area contributed by atoms with E-state index >= 15 is 0 Å². The molecule has 0 bridgehead atoms. The van der Waals surface area contributed by atoms with Crippen LogP contribution in [0.15, 0.2) is 59.4 Å². The fourth-order valence-electron chi connectivity index (χ4n) is 3.63. The van der Waals surface area contributed by atoms with Crippen LogP contribution >= 0.6 is 0 Å². The van der Waals surface area contributed by atoms with Gasteiger partial charge in [-0.25, -0.2) is 4.39 Å². The summed E-state index contributed by atoms with van der Waals surface area (Å²) in [6.07, 6.45) is -0.609. The number of aromatic nitrogens is 1. The number of piperazine rings is 1. The second-order valence-corrected chi connectivity index (χ2v) is 7.30. The van der Waals surface area contributed by atoms with Crippen molar-refractivity contribution >= 4 is 16.6 Å². The molecule has 0 radical (unpaired) electrons. The van der Waals surface area contributed by atoms with Gasteiger partial charge < -0.3 is 19.7 Å². The van der Waals surface area contributed by atoms with Crippen molar-refractivity contribution in [1.82, 2.24) is 9.88 Å². The lowest BCUT2D eigenvalue weighted by molar-refractivity contribution is 0.0663. The SMILES string of the molecule is O=c1ccc2cc(OCC(O)CN3CCN(c4cccc(F)c4)CC3)ccc2[nH]1. The summed E-state index contributed by atoms with van der Waals surface area (Å²) in [5, 5.41) is 11.2. The lowest BCUT2D eigenvalue weighted by atomic mass is 10.2. The summed E-state index contributed by atoms with van der Waals surface area (Å²) < 4.78 is 19.1. The molecule has 3 aromatic rings. The van der Waals surface area contributed by atoms with Crippen molar-refractivity contribution in [3.05, 3.63) is 70.8 Å². The molecule has 1 aliphatic heterocycles. The van der Waals surface area contributed by atoms with Gasteiger partial charge in [0.15, 0.2) is 0 Å². The topological polar surface area (TPSA) is 68.8 Å². The highest BCUT2D eigenvalue weighted by atomic mass is 19.1. The highest BCUT2D eigenvalue weighted by Gasteiger charge is 2.20. The third-order valence-electron chi connectivity index (χ3n) is 5.15. The fourth-order valence-corrected chi connectivity index (χ4v) is 3.63. The van der Waals surface area contributed by atoms with Crippen molar-refractivity contribution in [2.24, 2.45) is 0 Å². The average molecular weight is 397 g/mol. The molecule has 1 unspecified atom stereocenters. The number of hydrogen-bond donors (Lipinski definition) is 2. The minimum atomic E-state index is -0.609. The second-order valence-electron chi connectivity index (χ2n) is 7.30. The van der Waals surface area contributed by atoms with Gasteiger partial charge in [-0.05, 0) is 42.5 Å². The van der Waals surface area contributed by atoms with E-state index in [1.54, 1.807) is 30.3 Å². The maximum Gasteiger partial charge on any atom is 0.248 e. The summed E-state index contributed by atoms with van der Waals surface area (Å²) in [5.74, 6) is 0.428. The van der Waals surface area contributed by atoms with E-state index in [9.17, 15) is 14.3 Å². The summed E-state index contributed by atoms with van der Waals surface area (Å²) in [6.45, 7) is 3.91. The van der Waals surface area contributed by atoms with E-state index < -0.39 is 6.10 Å². The number of anilines is 1. The summed E-state index contributed by atoms with van der Waals surface area (Å²) >= 11 is 0. The Balaban J connectivity index is 1.25. The summed E-state index contributed by atoms with van der Waals surface area (Å²) in [7, 11) is 0. The Morgan fingerprint density at radius 1 is 1.07 bits per heavy atom. The number of pyridine rings is 1. The molecule has 6 nitrogen and oxygen atoms in total. The van der Waals surface area contributed by atoms with Crippen LogP contribution in [-0.4, -0.2) is 60.4 Å². The Morgan fingerprint density at radius 3 is 2.69 bits per heavy atom. The number of ether oxygens (including phenoxy) is 1. The quantitative estimate of drug-likeness (QED) is 0.668. The third-order valence-corrected chi connectivity index (χ3v) is 5.15. The van der Waals surface area contributed by atoms with Gasteiger partial charge in [-0.2, -0.15) is 0 Å². The van der Waals surface area contributed by atoms with E-state index in [0.717, 1.165) is 42.8 Å². The molecule has 1 fully saturated rings. The van der Waals surface area contributed by atoms with Crippen molar-refractivity contribution in [1.29, 1.82) is 0 Å². The van der Waals surface area contributed by atoms with E-state index in [0.29, 0.717) is 12.3 Å². The Morgan fingerprint density at radius 2 is 1.90 bits per heavy atom. The smallest absolute Gasteiger partial charge is 0.248 e. The molecule has 29 heavy (non-hydrogen) atoms. The zero-order valence-corrected chi connectivity index (χ0v) is 16.1. The van der Waals surface area contributed by atoms with Gasteiger partial charge in [-0.1, -0.05) is 6.07 Å². The molecule has 1 aliphatic rings. The summed E-state index contributed by atoms with van der Waals surface area (Å²) in [6, 6.07) is 15.3. The van der Waals surface area contributed by atoms with Crippen molar-refractivity contribution in [3.63, 3.8) is 0 Å². The zero-order chi connectivity index (χ0) is 20.2. The maximum absolute atomic E-state index is 13.4. The molecule has 2 N–H and O–H groups in total. The largest absolute Gasteiger partial charge is 0.491 e. The third kappa shape index (κ3) is 4.93. The minimum absolute atomic E-state index is 0.140. The van der Waals surface area contributed by atoms with E-state index in [4.69, 9.17) is 4.74 Å². The normalized spacial score (nSPS) is 16.1. The summed E-state index contributed by atoms with van der Waals surface area (Å²) in [4.78, 5) is 18.5. The number of aliphatic hydroxyl groups excluding tert-OH is 1. The fraction of sp³-hybridized carbons (Fsp3) is 0.318. The molecule has 7 heteroatoms. The molecule has 0 saturated carbocycles. The van der Waals surface area contributed by atoms with Crippen LogP contribution in [0.3, 0.4) is 0 Å². The molecule has 1 atom stereocenters. The minimum Gasteiger partial charge on any atom is -0.491 e. The van der Waals surface area contributed by atoms with Gasteiger partial charge >= 0.3 is 0 Å². The van der Waals surface area contributed by atoms with Gasteiger partial charge in [0.1, 0.15) is 24.3 Å². The molecule has 1 saturated heterocycles. The first-order chi connectivity index (χ1) is 14.1. The summed E-state index contributed by atoms with van der Waals surface area (Å²) in [5.41, 5.74) is 1.51. The van der Waals surface area contributed by atoms with Crippen LogP contribution in [0, 0.1) is 5.82 Å². The number of aromatic amines is 1. The monoisotopic (exact) mass is 397 g/mol. The standard InChI is InChI=1S/C22H24FN3O3/c23-17-2-1-3-18(13-17)26-10-8-25(9-11-26)14-19(27)15-29-20-5-6-21-16(12-20)4-7-22(28)24-21/h1-7,12-13,19,27H,8-11,14-15H2,(H,24,28). The number of hydrogen-bond acceptors (Lipinski definition) is 5. The molecule has 1 aromatic heterocycles. The van der Waals surface area contributed by atoms with E-state index in [1.165, 1.54) is 12.1 Å². The van der Waals surface area contributed by atoms with Crippen molar-refractivity contribution in [3.8, 4) is 5.75 Å². The molecular formula is C22H24FN3O3. The zero-order valence-electron chi connectivity index (χ0n) is 16.1. The van der Waals surface area contributed by atoms with Gasteiger partial charge in [0.05, 0.1) is 0 Å². The van der Waals surface area contributed by atoms with E-state index in [2.05, 4.69) is 14.8 Å². The van der Waals surface area contributed by atoms with Crippen LogP contribution in [0.1, 0.15) is 0 Å². The Labute approximate surface area is 168 Å². The predicted octanol–water partition coefficient (Wildman–Crippen LogP) is 2.23. The maximum atomic E-state index is 13.4. The number of rotatable bonds is 6. The number of nitrogens with one attached hydrogen (secondary N) is 1. The van der Waals surface area contributed by atoms with Crippen LogP contribution in [0.2, 0.25) is 0 Å². The van der Waals surface area contributed by atoms with Gasteiger partial charge in [-0.3, -0.25) is 9.69 Å². The van der Waals surface area contributed by atoms with Crippen LogP contribution in [0.25, 0.3) is 10.9 Å². The van der Waals surface area contributed by atoms with Crippen LogP contribution in [-0.2, 0) is 0 Å². The first kappa shape index (κ1) is 19.4. The number of β-amino-alcohol motifs (C(OH)–C–C–N with tert-alkyl or cyclic N) is 1. The lowest BCUT2D eigenvalue weighted by Crippen LogP contribution is -2.49. The van der Waals surface area contributed by atoms with Gasteiger partial charge in [0, 0.05) is 55.4 Å². The van der Waals surface area contributed by atoms with Crippen LogP contribution in [0.4, 0.5) is 10.1 Å². The number of halogens is 1. The number of aliphatic hydroxyl groups is 1. The van der Waals surface area contributed by atoms with Crippen molar-refractivity contribution in [2.45, 2.75) is 6.10 Å². The molecule has 2 heterocycles. The van der Waals surface area contributed by atoms with Crippen molar-refractivity contribution < 1.29 is 14.2 Å². The number of benzene rings is 2. The molecule has 2 aromatic carbocycles. The number of nitrogens with zero attached hydrogens (tertiary/aromatic N) is 2. The highest BCUT2D eigenvalue weighted by molar-refractivity contribution is 5.79. The average Bonchev–Trinajstić information content (AvgIpc) is 2.73. The Bertz CT molecular complexity index is 1030. The van der Waals surface area contributed by atoms with Crippen molar-refractivity contribution in [2.75, 3.05) is 44.2 Å². The predicted molar refractivity (Wildman–Crippen MR) is 111 cm³/mol. The van der Waals surface area contributed by atoms with E-state index in [1.807, 2.05) is 12.1 Å². The van der Waals surface area contributed by atoms with E-state index in [-0.39, 0.29) is 18.0 Å². The van der Waals surface area contributed by atoms with Gasteiger partial charge in [0.25, 0.3) is 0 Å². The molecule has 0 amide bonds. The Kier molecular flexibility index (Phi) is 5.78. The molecule has 152 valence electrons. The molecular weight excluding hydrogens is 373 g/mol. The first-order valence-electron chi connectivity index (χ1n) is 9.74. The first-order valence-corrected chi connectivity index (χ1v) is 9.74. The second kappa shape index (κ2) is 8.63. The van der Waals surface area contributed by atoms with Gasteiger partial charge in [-0.15, -0.1) is 0 Å². The lowest BCUT2D eigenvalue weighted by Gasteiger charge is -2.36. The van der Waals surface area contributed by atoms with Gasteiger partial charge in [0.2, 0.25) is 5.56 Å². The van der Waals surface area contributed by atoms with Crippen LogP contribution < -0.4 is 15.2 Å². The highest BCUT2D eigenvalue weighted by Crippen LogP contribution is 2.19. The Hall–Kier alpha value is -2.90. The molecule has 0 aliphatic carbocycles. The molecule has 0 spiro atoms.